The van der Waals surface area contributed by atoms with Gasteiger partial charge in [-0.2, -0.15) is 0 Å². The zero-order chi connectivity index (χ0) is 25.0. The third-order valence-electron chi connectivity index (χ3n) is 5.64. The van der Waals surface area contributed by atoms with E-state index >= 15 is 0 Å². The zero-order valence-corrected chi connectivity index (χ0v) is 21.9. The molecule has 4 rings (SSSR count). The van der Waals surface area contributed by atoms with Crippen LogP contribution in [0, 0.1) is 0 Å². The van der Waals surface area contributed by atoms with Crippen LogP contribution in [0.1, 0.15) is 55.2 Å². The van der Waals surface area contributed by atoms with Crippen molar-refractivity contribution < 1.29 is 9.59 Å². The lowest BCUT2D eigenvalue weighted by atomic mass is 9.87. The number of thiazole rings is 1. The molecule has 7 heteroatoms. The van der Waals surface area contributed by atoms with Gasteiger partial charge in [0.2, 0.25) is 5.91 Å². The molecule has 4 aromatic rings. The van der Waals surface area contributed by atoms with E-state index in [-0.39, 0.29) is 23.3 Å². The standard InChI is InChI=1S/C28H29N3O2S2/c1-18(19-8-6-5-7-9-19)29-25(32)17-34-27-31-23-15-14-22(16-24(23)35-27)30-26(33)20-10-12-21(13-11-20)28(2,3)4/h5-16,18H,17H2,1-4H3,(H,29,32)(H,30,33). The number of anilines is 1. The van der Waals surface area contributed by atoms with Gasteiger partial charge in [0.25, 0.3) is 5.91 Å². The molecule has 5 nitrogen and oxygen atoms in total. The maximum absolute atomic E-state index is 12.7. The minimum atomic E-state index is -0.145. The van der Waals surface area contributed by atoms with Crippen LogP contribution in [0.2, 0.25) is 0 Å². The van der Waals surface area contributed by atoms with Crippen molar-refractivity contribution in [3.8, 4) is 0 Å². The topological polar surface area (TPSA) is 71.1 Å². The molecule has 3 aromatic carbocycles. The van der Waals surface area contributed by atoms with Crippen molar-refractivity contribution in [2.75, 3.05) is 11.1 Å². The Kier molecular flexibility index (Phi) is 7.57. The largest absolute Gasteiger partial charge is 0.349 e. The summed E-state index contributed by atoms with van der Waals surface area (Å²) in [6.07, 6.45) is 0. The number of nitrogens with one attached hydrogen (secondary N) is 2. The fraction of sp³-hybridized carbons (Fsp3) is 0.250. The van der Waals surface area contributed by atoms with Crippen LogP contribution < -0.4 is 10.6 Å². The lowest BCUT2D eigenvalue weighted by molar-refractivity contribution is -0.119. The predicted octanol–water partition coefficient (Wildman–Crippen LogP) is 6.82. The Morgan fingerprint density at radius 1 is 1.00 bits per heavy atom. The molecule has 0 aliphatic heterocycles. The smallest absolute Gasteiger partial charge is 0.255 e. The Labute approximate surface area is 214 Å². The van der Waals surface area contributed by atoms with Crippen molar-refractivity contribution in [1.29, 1.82) is 0 Å². The Morgan fingerprint density at radius 2 is 1.71 bits per heavy atom. The molecular weight excluding hydrogens is 474 g/mol. The van der Waals surface area contributed by atoms with E-state index in [2.05, 4.69) is 36.4 Å². The number of rotatable bonds is 7. The maximum atomic E-state index is 12.7. The fourth-order valence-electron chi connectivity index (χ4n) is 3.60. The molecule has 0 saturated carbocycles. The van der Waals surface area contributed by atoms with Gasteiger partial charge in [-0.1, -0.05) is 75.0 Å². The first-order chi connectivity index (χ1) is 16.7. The summed E-state index contributed by atoms with van der Waals surface area (Å²) in [6, 6.07) is 23.3. The average Bonchev–Trinajstić information content (AvgIpc) is 3.25. The molecule has 0 aliphatic carbocycles. The third kappa shape index (κ3) is 6.50. The molecule has 0 bridgehead atoms. The van der Waals surface area contributed by atoms with E-state index in [4.69, 9.17) is 0 Å². The Hall–Kier alpha value is -3.16. The average molecular weight is 504 g/mol. The van der Waals surface area contributed by atoms with Gasteiger partial charge in [-0.25, -0.2) is 4.98 Å². The van der Waals surface area contributed by atoms with Gasteiger partial charge >= 0.3 is 0 Å². The Morgan fingerprint density at radius 3 is 2.40 bits per heavy atom. The number of hydrogen-bond acceptors (Lipinski definition) is 5. The SMILES string of the molecule is CC(NC(=O)CSc1nc2ccc(NC(=O)c3ccc(C(C)(C)C)cc3)cc2s1)c1ccccc1. The number of benzene rings is 3. The summed E-state index contributed by atoms with van der Waals surface area (Å²) in [5, 5.41) is 6.00. The van der Waals surface area contributed by atoms with Crippen LogP contribution in [0.25, 0.3) is 10.2 Å². The van der Waals surface area contributed by atoms with Crippen molar-refractivity contribution in [3.05, 3.63) is 89.5 Å². The molecule has 0 radical (unpaired) electrons. The van der Waals surface area contributed by atoms with Crippen molar-refractivity contribution >= 4 is 50.8 Å². The van der Waals surface area contributed by atoms with Gasteiger partial charge in [-0.05, 0) is 53.8 Å². The molecule has 0 aliphatic rings. The predicted molar refractivity (Wildman–Crippen MR) is 146 cm³/mol. The van der Waals surface area contributed by atoms with Crippen LogP contribution in [0.15, 0.2) is 77.1 Å². The Bertz CT molecular complexity index is 1330. The molecule has 1 atom stereocenters. The van der Waals surface area contributed by atoms with Crippen LogP contribution in [0.5, 0.6) is 0 Å². The van der Waals surface area contributed by atoms with Crippen molar-refractivity contribution in [1.82, 2.24) is 10.3 Å². The first kappa shape index (κ1) is 24.9. The summed E-state index contributed by atoms with van der Waals surface area (Å²) < 4.78 is 1.79. The molecule has 1 aromatic heterocycles. The number of fused-ring (bicyclic) bond motifs is 1. The summed E-state index contributed by atoms with van der Waals surface area (Å²) in [7, 11) is 0. The molecule has 0 fully saturated rings. The van der Waals surface area contributed by atoms with Gasteiger partial charge in [0, 0.05) is 11.3 Å². The molecular formula is C28H29N3O2S2. The van der Waals surface area contributed by atoms with E-state index in [0.29, 0.717) is 11.3 Å². The highest BCUT2D eigenvalue weighted by molar-refractivity contribution is 8.01. The summed E-state index contributed by atoms with van der Waals surface area (Å²) in [6.45, 7) is 8.42. The maximum Gasteiger partial charge on any atom is 0.255 e. The molecule has 1 heterocycles. The van der Waals surface area contributed by atoms with E-state index < -0.39 is 0 Å². The number of carbonyl (C=O) groups is 2. The summed E-state index contributed by atoms with van der Waals surface area (Å²) in [4.78, 5) is 29.7. The molecule has 0 saturated heterocycles. The first-order valence-electron chi connectivity index (χ1n) is 11.5. The van der Waals surface area contributed by atoms with Crippen molar-refractivity contribution in [2.24, 2.45) is 0 Å². The van der Waals surface area contributed by atoms with E-state index in [1.165, 1.54) is 28.7 Å². The van der Waals surface area contributed by atoms with Gasteiger partial charge < -0.3 is 10.6 Å². The van der Waals surface area contributed by atoms with Crippen molar-refractivity contribution in [3.63, 3.8) is 0 Å². The highest BCUT2D eigenvalue weighted by Crippen LogP contribution is 2.31. The molecule has 180 valence electrons. The van der Waals surface area contributed by atoms with Crippen LogP contribution in [-0.4, -0.2) is 22.6 Å². The third-order valence-corrected chi connectivity index (χ3v) is 7.80. The minimum Gasteiger partial charge on any atom is -0.349 e. The number of thioether (sulfide) groups is 1. The van der Waals surface area contributed by atoms with Gasteiger partial charge in [-0.15, -0.1) is 11.3 Å². The lowest BCUT2D eigenvalue weighted by Gasteiger charge is -2.19. The summed E-state index contributed by atoms with van der Waals surface area (Å²) >= 11 is 2.94. The number of nitrogens with zero attached hydrogens (tertiary/aromatic N) is 1. The second kappa shape index (κ2) is 10.6. The quantitative estimate of drug-likeness (QED) is 0.272. The highest BCUT2D eigenvalue weighted by atomic mass is 32.2. The highest BCUT2D eigenvalue weighted by Gasteiger charge is 2.15. The molecule has 1 unspecified atom stereocenters. The van der Waals surface area contributed by atoms with Crippen LogP contribution in [0.3, 0.4) is 0 Å². The van der Waals surface area contributed by atoms with Crippen LogP contribution >= 0.6 is 23.1 Å². The number of carbonyl (C=O) groups excluding carboxylic acids is 2. The van der Waals surface area contributed by atoms with Gasteiger partial charge in [0.05, 0.1) is 22.0 Å². The van der Waals surface area contributed by atoms with E-state index in [0.717, 1.165) is 25.8 Å². The molecule has 2 amide bonds. The zero-order valence-electron chi connectivity index (χ0n) is 20.3. The second-order valence-corrected chi connectivity index (χ2v) is 11.7. The van der Waals surface area contributed by atoms with E-state index in [1.807, 2.05) is 79.7 Å². The fourth-order valence-corrected chi connectivity index (χ4v) is 5.52. The molecule has 0 spiro atoms. The number of aromatic nitrogens is 1. The number of amides is 2. The lowest BCUT2D eigenvalue weighted by Crippen LogP contribution is -2.28. The summed E-state index contributed by atoms with van der Waals surface area (Å²) in [5.74, 6) is 0.120. The van der Waals surface area contributed by atoms with Gasteiger partial charge in [0.1, 0.15) is 0 Å². The Balaban J connectivity index is 1.35. The van der Waals surface area contributed by atoms with Gasteiger partial charge in [0.15, 0.2) is 4.34 Å². The van der Waals surface area contributed by atoms with Crippen LogP contribution in [-0.2, 0) is 10.2 Å². The number of hydrogen-bond donors (Lipinski definition) is 2. The first-order valence-corrected chi connectivity index (χ1v) is 13.3. The summed E-state index contributed by atoms with van der Waals surface area (Å²) in [5.41, 5.74) is 4.50. The molecule has 35 heavy (non-hydrogen) atoms. The van der Waals surface area contributed by atoms with Gasteiger partial charge in [-0.3, -0.25) is 9.59 Å². The van der Waals surface area contributed by atoms with Crippen molar-refractivity contribution in [2.45, 2.75) is 43.5 Å². The monoisotopic (exact) mass is 503 g/mol. The van der Waals surface area contributed by atoms with E-state index in [9.17, 15) is 9.59 Å². The van der Waals surface area contributed by atoms with E-state index in [1.54, 1.807) is 0 Å². The van der Waals surface area contributed by atoms with Crippen LogP contribution in [0.4, 0.5) is 5.69 Å². The second-order valence-electron chi connectivity index (χ2n) is 9.43. The molecule has 2 N–H and O–H groups in total. The normalized spacial score (nSPS) is 12.3. The minimum absolute atomic E-state index is 0.0314.